The van der Waals surface area contributed by atoms with Crippen molar-refractivity contribution in [3.63, 3.8) is 0 Å². The summed E-state index contributed by atoms with van der Waals surface area (Å²) in [6.07, 6.45) is 4.16. The fraction of sp³-hybridized carbons (Fsp3) is 0.367. The van der Waals surface area contributed by atoms with Crippen LogP contribution in [0.1, 0.15) is 33.5 Å². The minimum atomic E-state index is -0.888. The minimum Gasteiger partial charge on any atom is -0.456 e. The van der Waals surface area contributed by atoms with E-state index in [0.29, 0.717) is 29.5 Å². The summed E-state index contributed by atoms with van der Waals surface area (Å²) in [4.78, 5) is 39.4. The summed E-state index contributed by atoms with van der Waals surface area (Å²) in [5.74, 6) is -1.97. The molecule has 39 heavy (non-hydrogen) atoms. The molecule has 2 aliphatic carbocycles. The second kappa shape index (κ2) is 11.1. The highest BCUT2D eigenvalue weighted by atomic mass is 16.8. The van der Waals surface area contributed by atoms with E-state index in [1.807, 2.05) is 24.3 Å². The van der Waals surface area contributed by atoms with Gasteiger partial charge in [0.15, 0.2) is 5.79 Å². The minimum absolute atomic E-state index is 0.113. The molecule has 9 nitrogen and oxygen atoms in total. The number of carbonyl (C=O) groups is 3. The fourth-order valence-corrected chi connectivity index (χ4v) is 5.24. The van der Waals surface area contributed by atoms with E-state index in [1.54, 1.807) is 50.5 Å². The molecule has 1 heterocycles. The van der Waals surface area contributed by atoms with Gasteiger partial charge in [-0.25, -0.2) is 4.79 Å². The Labute approximate surface area is 227 Å². The molecular weight excluding hydrogens is 500 g/mol. The molecule has 1 spiro atoms. The number of carbonyl (C=O) groups excluding carboxylic acids is 3. The maximum atomic E-state index is 13.3. The Morgan fingerprint density at radius 1 is 1.10 bits per heavy atom. The van der Waals surface area contributed by atoms with Crippen molar-refractivity contribution in [2.45, 2.75) is 43.4 Å². The second-order valence-corrected chi connectivity index (χ2v) is 10.2. The van der Waals surface area contributed by atoms with Gasteiger partial charge in [-0.05, 0) is 41.0 Å². The van der Waals surface area contributed by atoms with Crippen LogP contribution in [-0.4, -0.2) is 79.1 Å². The van der Waals surface area contributed by atoms with E-state index in [-0.39, 0.29) is 31.4 Å². The summed E-state index contributed by atoms with van der Waals surface area (Å²) >= 11 is 0. The molecule has 0 unspecified atom stereocenters. The highest BCUT2D eigenvalue weighted by Gasteiger charge is 2.55. The van der Waals surface area contributed by atoms with Crippen LogP contribution in [-0.2, 0) is 36.6 Å². The van der Waals surface area contributed by atoms with Gasteiger partial charge < -0.3 is 29.5 Å². The van der Waals surface area contributed by atoms with Crippen LogP contribution in [0.4, 0.5) is 0 Å². The molecule has 204 valence electrons. The number of aliphatic hydroxyl groups is 1. The lowest BCUT2D eigenvalue weighted by Gasteiger charge is -2.30. The first-order valence-electron chi connectivity index (χ1n) is 13.0. The lowest BCUT2D eigenvalue weighted by Crippen LogP contribution is -2.44. The Kier molecular flexibility index (Phi) is 7.65. The highest BCUT2D eigenvalue weighted by molar-refractivity contribution is 5.95. The Morgan fingerprint density at radius 2 is 1.85 bits per heavy atom. The van der Waals surface area contributed by atoms with Crippen LogP contribution in [0.25, 0.3) is 6.08 Å². The molecule has 3 aliphatic rings. The van der Waals surface area contributed by atoms with Gasteiger partial charge in [0.25, 0.3) is 0 Å². The first-order chi connectivity index (χ1) is 18.8. The number of amides is 2. The van der Waals surface area contributed by atoms with Gasteiger partial charge in [-0.3, -0.25) is 9.59 Å². The summed E-state index contributed by atoms with van der Waals surface area (Å²) in [5, 5.41) is 11.8. The number of hydrogen-bond donors (Lipinski definition) is 2. The average Bonchev–Trinajstić information content (AvgIpc) is 3.48. The van der Waals surface area contributed by atoms with E-state index in [1.165, 1.54) is 11.0 Å². The largest absolute Gasteiger partial charge is 0.456 e. The maximum absolute atomic E-state index is 13.3. The molecule has 0 radical (unpaired) electrons. The molecule has 1 saturated heterocycles. The molecule has 2 aromatic carbocycles. The number of benzene rings is 2. The van der Waals surface area contributed by atoms with Crippen molar-refractivity contribution in [3.05, 3.63) is 88.5 Å². The first-order valence-corrected chi connectivity index (χ1v) is 13.0. The third kappa shape index (κ3) is 5.80. The van der Waals surface area contributed by atoms with E-state index >= 15 is 0 Å². The number of fused-ring (bicyclic) bond motifs is 2. The normalized spacial score (nSPS) is 22.7. The molecule has 3 atom stereocenters. The lowest BCUT2D eigenvalue weighted by molar-refractivity contribution is -0.172. The van der Waals surface area contributed by atoms with Gasteiger partial charge in [0, 0.05) is 51.6 Å². The van der Waals surface area contributed by atoms with Crippen molar-refractivity contribution >= 4 is 23.9 Å². The molecular formula is C30H32N2O7. The quantitative estimate of drug-likeness (QED) is 0.414. The first kappa shape index (κ1) is 26.8. The van der Waals surface area contributed by atoms with Crippen LogP contribution in [0.3, 0.4) is 0 Å². The summed E-state index contributed by atoms with van der Waals surface area (Å²) in [5.41, 5.74) is 3.69. The molecule has 2 N–H and O–H groups in total. The number of esters is 1. The number of likely N-dealkylation sites (N-methyl/N-ethyl adjacent to an activating group) is 1. The van der Waals surface area contributed by atoms with E-state index < -0.39 is 30.1 Å². The predicted molar refractivity (Wildman–Crippen MR) is 142 cm³/mol. The standard InChI is InChI=1S/C30H32N2O7/c1-32(2)26(34)11-10-19-6-5-9-20(14-19)29(36)37-24-15-23(28(35)31-12-13-33)16-25-27(24)39-30(38-25)17-21-7-3-4-8-22(21)18-30/h3-11,14,16,24-25,27,33H,12-13,15,17-18H2,1-2H3,(H,31,35)/t24-,25-,27+/m1/s1. The zero-order chi connectivity index (χ0) is 27.6. The van der Waals surface area contributed by atoms with Crippen LogP contribution < -0.4 is 5.32 Å². The monoisotopic (exact) mass is 532 g/mol. The summed E-state index contributed by atoms with van der Waals surface area (Å²) in [7, 11) is 3.32. The van der Waals surface area contributed by atoms with Crippen molar-refractivity contribution in [2.24, 2.45) is 0 Å². The van der Waals surface area contributed by atoms with Gasteiger partial charge in [0.2, 0.25) is 11.8 Å². The number of ether oxygens (including phenoxy) is 3. The van der Waals surface area contributed by atoms with Gasteiger partial charge in [0.05, 0.1) is 12.2 Å². The average molecular weight is 533 g/mol. The van der Waals surface area contributed by atoms with E-state index in [2.05, 4.69) is 5.32 Å². The number of aliphatic hydroxyl groups excluding tert-OH is 1. The molecule has 9 heteroatoms. The Bertz CT molecular complexity index is 1310. The van der Waals surface area contributed by atoms with Crippen LogP contribution in [0.2, 0.25) is 0 Å². The van der Waals surface area contributed by atoms with Crippen molar-refractivity contribution < 1.29 is 33.7 Å². The van der Waals surface area contributed by atoms with Gasteiger partial charge in [0.1, 0.15) is 18.3 Å². The zero-order valence-electron chi connectivity index (χ0n) is 22.0. The summed E-state index contributed by atoms with van der Waals surface area (Å²) in [6.45, 7) is -0.0721. The zero-order valence-corrected chi connectivity index (χ0v) is 22.0. The molecule has 0 saturated carbocycles. The molecule has 0 aromatic heterocycles. The molecule has 0 bridgehead atoms. The Balaban J connectivity index is 1.36. The topological polar surface area (TPSA) is 114 Å². The third-order valence-corrected chi connectivity index (χ3v) is 7.15. The van der Waals surface area contributed by atoms with Crippen LogP contribution in [0, 0.1) is 0 Å². The Morgan fingerprint density at radius 3 is 2.54 bits per heavy atom. The van der Waals surface area contributed by atoms with Crippen molar-refractivity contribution in [1.29, 1.82) is 0 Å². The number of nitrogens with zero attached hydrogens (tertiary/aromatic N) is 1. The third-order valence-electron chi connectivity index (χ3n) is 7.15. The van der Waals surface area contributed by atoms with Crippen LogP contribution >= 0.6 is 0 Å². The summed E-state index contributed by atoms with van der Waals surface area (Å²) in [6, 6.07) is 14.8. The van der Waals surface area contributed by atoms with Crippen LogP contribution in [0.15, 0.2) is 66.3 Å². The Hall–Kier alpha value is -3.79. The molecule has 1 fully saturated rings. The van der Waals surface area contributed by atoms with Gasteiger partial charge in [-0.1, -0.05) is 36.4 Å². The SMILES string of the molecule is CN(C)C(=O)C=Cc1cccc(C(=O)O[C@@H]2CC(C(=O)NCCO)=C[C@H]3OC4(Cc5ccccc5C4)O[C@H]32)c1. The second-order valence-electron chi connectivity index (χ2n) is 10.2. The van der Waals surface area contributed by atoms with Gasteiger partial charge in [-0.2, -0.15) is 0 Å². The van der Waals surface area contributed by atoms with Gasteiger partial charge in [-0.15, -0.1) is 0 Å². The number of hydrogen-bond acceptors (Lipinski definition) is 7. The smallest absolute Gasteiger partial charge is 0.338 e. The number of rotatable bonds is 7. The number of nitrogens with one attached hydrogen (secondary N) is 1. The summed E-state index contributed by atoms with van der Waals surface area (Å²) < 4.78 is 18.9. The van der Waals surface area contributed by atoms with E-state index in [0.717, 1.165) is 11.1 Å². The molecule has 1 aliphatic heterocycles. The van der Waals surface area contributed by atoms with Crippen molar-refractivity contribution in [3.8, 4) is 0 Å². The lowest BCUT2D eigenvalue weighted by atomic mass is 9.91. The van der Waals surface area contributed by atoms with Gasteiger partial charge >= 0.3 is 5.97 Å². The van der Waals surface area contributed by atoms with Crippen molar-refractivity contribution in [2.75, 3.05) is 27.2 Å². The van der Waals surface area contributed by atoms with Crippen molar-refractivity contribution in [1.82, 2.24) is 10.2 Å². The van der Waals surface area contributed by atoms with Crippen LogP contribution in [0.5, 0.6) is 0 Å². The fourth-order valence-electron chi connectivity index (χ4n) is 5.24. The maximum Gasteiger partial charge on any atom is 0.338 e. The van der Waals surface area contributed by atoms with E-state index in [4.69, 9.17) is 19.3 Å². The molecule has 5 rings (SSSR count). The molecule has 2 aromatic rings. The molecule has 2 amide bonds. The highest BCUT2D eigenvalue weighted by Crippen LogP contribution is 2.45. The van der Waals surface area contributed by atoms with E-state index in [9.17, 15) is 14.4 Å². The predicted octanol–water partition coefficient (Wildman–Crippen LogP) is 2.03.